The topological polar surface area (TPSA) is 18.5 Å². The fourth-order valence-electron chi connectivity index (χ4n) is 2.72. The van der Waals surface area contributed by atoms with E-state index in [2.05, 4.69) is 62.4 Å². The highest BCUT2D eigenvalue weighted by atomic mass is 16.5. The van der Waals surface area contributed by atoms with Crippen molar-refractivity contribution < 1.29 is 9.47 Å². The molecule has 0 N–H and O–H groups in total. The van der Waals surface area contributed by atoms with E-state index in [-0.39, 0.29) is 6.10 Å². The molecule has 0 heterocycles. The van der Waals surface area contributed by atoms with Crippen molar-refractivity contribution in [3.63, 3.8) is 0 Å². The highest BCUT2D eigenvalue weighted by Crippen LogP contribution is 2.25. The molecule has 1 unspecified atom stereocenters. The Balaban J connectivity index is 1.85. The minimum atomic E-state index is 0.132. The number of hydrogen-bond donors (Lipinski definition) is 0. The molecule has 0 aliphatic heterocycles. The third kappa shape index (κ3) is 5.68. The predicted octanol–water partition coefficient (Wildman–Crippen LogP) is 6.41. The highest BCUT2D eigenvalue weighted by Gasteiger charge is 2.04. The van der Waals surface area contributed by atoms with E-state index >= 15 is 0 Å². The molecule has 0 aliphatic carbocycles. The van der Waals surface area contributed by atoms with Crippen molar-refractivity contribution in [2.75, 3.05) is 13.7 Å². The van der Waals surface area contributed by atoms with Crippen LogP contribution in [0, 0.1) is 0 Å². The Morgan fingerprint density at radius 3 is 1.96 bits per heavy atom. The summed E-state index contributed by atoms with van der Waals surface area (Å²) in [4.78, 5) is 0. The van der Waals surface area contributed by atoms with Crippen LogP contribution in [0.5, 0.6) is 5.75 Å². The van der Waals surface area contributed by atoms with Gasteiger partial charge in [-0.05, 0) is 42.2 Å². The lowest BCUT2D eigenvalue weighted by Crippen LogP contribution is -1.97. The summed E-state index contributed by atoms with van der Waals surface area (Å²) in [5.74, 6) is 0.957. The fourth-order valence-corrected chi connectivity index (χ4v) is 2.72. The fraction of sp³-hybridized carbons (Fsp3) is 0.455. The molecule has 1 atom stereocenters. The van der Waals surface area contributed by atoms with E-state index < -0.39 is 0 Å². The van der Waals surface area contributed by atoms with E-state index in [1.807, 2.05) is 0 Å². The zero-order valence-electron chi connectivity index (χ0n) is 15.3. The Morgan fingerprint density at radius 1 is 0.792 bits per heavy atom. The quantitative estimate of drug-likeness (QED) is 0.470. The van der Waals surface area contributed by atoms with Gasteiger partial charge >= 0.3 is 0 Å². The van der Waals surface area contributed by atoms with Crippen LogP contribution in [0.1, 0.15) is 57.6 Å². The molecule has 0 saturated heterocycles. The van der Waals surface area contributed by atoms with Gasteiger partial charge in [0.2, 0.25) is 0 Å². The number of methoxy groups -OCH3 is 1. The standard InChI is InChI=1S/C22H30O2/c1-4-5-6-7-8-17-24-22-15-13-21(14-16-22)20-11-9-19(10-12-20)18(2)23-3/h9-16,18H,4-8,17H2,1-3H3. The predicted molar refractivity (Wildman–Crippen MR) is 102 cm³/mol. The van der Waals surface area contributed by atoms with Crippen molar-refractivity contribution >= 4 is 0 Å². The van der Waals surface area contributed by atoms with Crippen LogP contribution in [0.2, 0.25) is 0 Å². The molecule has 2 aromatic carbocycles. The Bertz CT molecular complexity index is 572. The molecule has 2 heteroatoms. The summed E-state index contributed by atoms with van der Waals surface area (Å²) in [6.45, 7) is 5.11. The van der Waals surface area contributed by atoms with E-state index in [0.717, 1.165) is 18.8 Å². The summed E-state index contributed by atoms with van der Waals surface area (Å²) in [7, 11) is 1.74. The Labute approximate surface area is 146 Å². The van der Waals surface area contributed by atoms with Crippen LogP contribution < -0.4 is 4.74 Å². The molecule has 2 rings (SSSR count). The summed E-state index contributed by atoms with van der Waals surface area (Å²) in [6.07, 6.45) is 6.46. The average Bonchev–Trinajstić information content (AvgIpc) is 2.64. The number of benzene rings is 2. The zero-order valence-corrected chi connectivity index (χ0v) is 15.3. The third-order valence-corrected chi connectivity index (χ3v) is 4.44. The number of hydrogen-bond acceptors (Lipinski definition) is 2. The van der Waals surface area contributed by atoms with E-state index in [1.54, 1.807) is 7.11 Å². The summed E-state index contributed by atoms with van der Waals surface area (Å²) in [6, 6.07) is 16.9. The molecule has 0 spiro atoms. The molecule has 0 saturated carbocycles. The monoisotopic (exact) mass is 326 g/mol. The zero-order chi connectivity index (χ0) is 17.2. The largest absolute Gasteiger partial charge is 0.494 e. The molecular weight excluding hydrogens is 296 g/mol. The van der Waals surface area contributed by atoms with E-state index in [4.69, 9.17) is 9.47 Å². The van der Waals surface area contributed by atoms with Crippen LogP contribution in [0.15, 0.2) is 48.5 Å². The molecule has 0 amide bonds. The first kappa shape index (κ1) is 18.5. The molecule has 2 aromatic rings. The lowest BCUT2D eigenvalue weighted by molar-refractivity contribution is 0.119. The molecule has 0 aromatic heterocycles. The van der Waals surface area contributed by atoms with E-state index in [9.17, 15) is 0 Å². The first-order chi connectivity index (χ1) is 11.7. The third-order valence-electron chi connectivity index (χ3n) is 4.44. The van der Waals surface area contributed by atoms with Crippen molar-refractivity contribution in [2.45, 2.75) is 52.1 Å². The highest BCUT2D eigenvalue weighted by molar-refractivity contribution is 5.64. The maximum atomic E-state index is 5.83. The van der Waals surface area contributed by atoms with Crippen LogP contribution in [-0.4, -0.2) is 13.7 Å². The molecule has 24 heavy (non-hydrogen) atoms. The lowest BCUT2D eigenvalue weighted by atomic mass is 10.0. The van der Waals surface area contributed by atoms with Gasteiger partial charge in [-0.2, -0.15) is 0 Å². The number of rotatable bonds is 10. The van der Waals surface area contributed by atoms with Gasteiger partial charge in [-0.1, -0.05) is 69.0 Å². The summed E-state index contributed by atoms with van der Waals surface area (Å²) < 4.78 is 11.2. The summed E-state index contributed by atoms with van der Waals surface area (Å²) >= 11 is 0. The Morgan fingerprint density at radius 2 is 1.38 bits per heavy atom. The van der Waals surface area contributed by atoms with Gasteiger partial charge in [0.05, 0.1) is 12.7 Å². The Hall–Kier alpha value is -1.80. The molecular formula is C22H30O2. The van der Waals surface area contributed by atoms with Gasteiger partial charge < -0.3 is 9.47 Å². The van der Waals surface area contributed by atoms with Crippen LogP contribution in [0.3, 0.4) is 0 Å². The van der Waals surface area contributed by atoms with E-state index in [0.29, 0.717) is 0 Å². The van der Waals surface area contributed by atoms with E-state index in [1.165, 1.54) is 42.4 Å². The van der Waals surface area contributed by atoms with Gasteiger partial charge in [-0.3, -0.25) is 0 Å². The van der Waals surface area contributed by atoms with Gasteiger partial charge in [0, 0.05) is 7.11 Å². The Kier molecular flexibility index (Phi) is 7.84. The molecule has 130 valence electrons. The van der Waals surface area contributed by atoms with Gasteiger partial charge in [-0.15, -0.1) is 0 Å². The van der Waals surface area contributed by atoms with Crippen LogP contribution >= 0.6 is 0 Å². The average molecular weight is 326 g/mol. The first-order valence-electron chi connectivity index (χ1n) is 9.10. The second-order valence-electron chi connectivity index (χ2n) is 6.29. The maximum Gasteiger partial charge on any atom is 0.119 e. The van der Waals surface area contributed by atoms with Crippen molar-refractivity contribution in [1.29, 1.82) is 0 Å². The second-order valence-corrected chi connectivity index (χ2v) is 6.29. The molecule has 2 nitrogen and oxygen atoms in total. The van der Waals surface area contributed by atoms with Crippen molar-refractivity contribution in [3.05, 3.63) is 54.1 Å². The minimum absolute atomic E-state index is 0.132. The summed E-state index contributed by atoms with van der Waals surface area (Å²) in [5, 5.41) is 0. The van der Waals surface area contributed by atoms with Crippen LogP contribution in [-0.2, 0) is 4.74 Å². The second kappa shape index (κ2) is 10.1. The maximum absolute atomic E-state index is 5.83. The molecule has 0 radical (unpaired) electrons. The van der Waals surface area contributed by atoms with Gasteiger partial charge in [-0.25, -0.2) is 0 Å². The van der Waals surface area contributed by atoms with Crippen molar-refractivity contribution in [2.24, 2.45) is 0 Å². The minimum Gasteiger partial charge on any atom is -0.494 e. The smallest absolute Gasteiger partial charge is 0.119 e. The first-order valence-corrected chi connectivity index (χ1v) is 9.10. The summed E-state index contributed by atoms with van der Waals surface area (Å²) in [5.41, 5.74) is 3.62. The van der Waals surface area contributed by atoms with Crippen molar-refractivity contribution in [1.82, 2.24) is 0 Å². The van der Waals surface area contributed by atoms with Crippen LogP contribution in [0.4, 0.5) is 0 Å². The van der Waals surface area contributed by atoms with Crippen LogP contribution in [0.25, 0.3) is 11.1 Å². The van der Waals surface area contributed by atoms with Gasteiger partial charge in [0.1, 0.15) is 5.75 Å². The number of unbranched alkanes of at least 4 members (excludes halogenated alkanes) is 4. The van der Waals surface area contributed by atoms with Crippen molar-refractivity contribution in [3.8, 4) is 16.9 Å². The number of ether oxygens (including phenoxy) is 2. The normalized spacial score (nSPS) is 12.1. The molecule has 0 fully saturated rings. The van der Waals surface area contributed by atoms with Gasteiger partial charge in [0.25, 0.3) is 0 Å². The van der Waals surface area contributed by atoms with Gasteiger partial charge in [0.15, 0.2) is 0 Å². The molecule has 0 bridgehead atoms. The lowest BCUT2D eigenvalue weighted by Gasteiger charge is -2.11. The molecule has 0 aliphatic rings. The SMILES string of the molecule is CCCCCCCOc1ccc(-c2ccc(C(C)OC)cc2)cc1.